The van der Waals surface area contributed by atoms with Gasteiger partial charge in [0.05, 0.1) is 11.0 Å². The number of aryl methyl sites for hydroxylation is 3. The van der Waals surface area contributed by atoms with Crippen LogP contribution in [-0.2, 0) is 18.4 Å². The second-order valence-corrected chi connectivity index (χ2v) is 5.76. The number of carbonyl (C=O) groups is 1. The van der Waals surface area contributed by atoms with E-state index < -0.39 is 0 Å². The molecule has 118 valence electrons. The largest absolute Gasteiger partial charge is 0.329 e. The zero-order valence-electron chi connectivity index (χ0n) is 13.5. The Morgan fingerprint density at radius 3 is 2.43 bits per heavy atom. The molecule has 5 heteroatoms. The third-order valence-corrected chi connectivity index (χ3v) is 4.14. The summed E-state index contributed by atoms with van der Waals surface area (Å²) in [5, 5.41) is 2.85. The molecule has 0 aliphatic rings. The topological polar surface area (TPSA) is 56.0 Å². The first-order chi connectivity index (χ1) is 11.0. The molecule has 0 bridgehead atoms. The van der Waals surface area contributed by atoms with Crippen LogP contribution in [0.4, 0.5) is 5.69 Å². The highest BCUT2D eigenvalue weighted by Gasteiger charge is 2.13. The number of aromatic nitrogens is 2. The number of amides is 1. The molecule has 0 spiro atoms. The van der Waals surface area contributed by atoms with Crippen LogP contribution in [-0.4, -0.2) is 15.0 Å². The number of hydrogen-bond acceptors (Lipinski definition) is 2. The van der Waals surface area contributed by atoms with Gasteiger partial charge in [0.2, 0.25) is 5.91 Å². The number of carbonyl (C=O) groups excluding carboxylic acids is 1. The third kappa shape index (κ3) is 2.77. The van der Waals surface area contributed by atoms with Crippen LogP contribution in [0.15, 0.2) is 47.3 Å². The van der Waals surface area contributed by atoms with Crippen LogP contribution in [0.25, 0.3) is 11.0 Å². The fourth-order valence-electron chi connectivity index (χ4n) is 2.68. The van der Waals surface area contributed by atoms with Crippen molar-refractivity contribution in [2.45, 2.75) is 20.4 Å². The minimum atomic E-state index is -0.216. The maximum absolute atomic E-state index is 12.3. The molecule has 0 radical (unpaired) electrons. The molecule has 0 aliphatic carbocycles. The maximum atomic E-state index is 12.3. The van der Waals surface area contributed by atoms with Crippen LogP contribution in [0.5, 0.6) is 0 Å². The van der Waals surface area contributed by atoms with Crippen molar-refractivity contribution in [3.8, 4) is 0 Å². The van der Waals surface area contributed by atoms with E-state index >= 15 is 0 Å². The fraction of sp³-hybridized carbons (Fsp3) is 0.222. The molecule has 1 aromatic heterocycles. The lowest BCUT2D eigenvalue weighted by atomic mass is 10.1. The minimum Gasteiger partial charge on any atom is -0.325 e. The van der Waals surface area contributed by atoms with E-state index in [0.29, 0.717) is 0 Å². The summed E-state index contributed by atoms with van der Waals surface area (Å²) >= 11 is 0. The van der Waals surface area contributed by atoms with Gasteiger partial charge in [-0.3, -0.25) is 13.9 Å². The first-order valence-electron chi connectivity index (χ1n) is 7.49. The van der Waals surface area contributed by atoms with Crippen molar-refractivity contribution in [3.05, 3.63) is 64.1 Å². The van der Waals surface area contributed by atoms with E-state index in [1.807, 2.05) is 56.3 Å². The van der Waals surface area contributed by atoms with Gasteiger partial charge in [-0.2, -0.15) is 0 Å². The highest BCUT2D eigenvalue weighted by molar-refractivity contribution is 5.91. The van der Waals surface area contributed by atoms with Gasteiger partial charge >= 0.3 is 5.69 Å². The molecule has 1 heterocycles. The number of benzene rings is 2. The average Bonchev–Trinajstić information content (AvgIpc) is 2.76. The Morgan fingerprint density at radius 2 is 1.74 bits per heavy atom. The van der Waals surface area contributed by atoms with Crippen molar-refractivity contribution in [1.82, 2.24) is 9.13 Å². The fourth-order valence-corrected chi connectivity index (χ4v) is 2.68. The molecular formula is C18H19N3O2. The van der Waals surface area contributed by atoms with Crippen molar-refractivity contribution >= 4 is 22.6 Å². The van der Waals surface area contributed by atoms with Gasteiger partial charge < -0.3 is 5.32 Å². The summed E-state index contributed by atoms with van der Waals surface area (Å²) in [4.78, 5) is 24.6. The van der Waals surface area contributed by atoms with Gasteiger partial charge in [0.1, 0.15) is 6.54 Å². The summed E-state index contributed by atoms with van der Waals surface area (Å²) in [5.74, 6) is -0.216. The van der Waals surface area contributed by atoms with Crippen molar-refractivity contribution < 1.29 is 4.79 Å². The predicted octanol–water partition coefficient (Wildman–Crippen LogP) is 2.60. The van der Waals surface area contributed by atoms with Gasteiger partial charge in [0, 0.05) is 12.7 Å². The van der Waals surface area contributed by atoms with Gasteiger partial charge in [-0.15, -0.1) is 0 Å². The highest BCUT2D eigenvalue weighted by Crippen LogP contribution is 2.15. The Bertz CT molecular complexity index is 951. The van der Waals surface area contributed by atoms with Crippen LogP contribution in [0.2, 0.25) is 0 Å². The summed E-state index contributed by atoms with van der Waals surface area (Å²) in [6.07, 6.45) is 0. The highest BCUT2D eigenvalue weighted by atomic mass is 16.2. The van der Waals surface area contributed by atoms with Gasteiger partial charge in [-0.25, -0.2) is 4.79 Å². The van der Waals surface area contributed by atoms with E-state index in [0.717, 1.165) is 22.3 Å². The number of hydrogen-bond donors (Lipinski definition) is 1. The van der Waals surface area contributed by atoms with Crippen molar-refractivity contribution in [2.24, 2.45) is 7.05 Å². The Labute approximate surface area is 134 Å². The molecule has 0 atom stereocenters. The smallest absolute Gasteiger partial charge is 0.325 e. The monoisotopic (exact) mass is 309 g/mol. The van der Waals surface area contributed by atoms with E-state index in [4.69, 9.17) is 0 Å². The van der Waals surface area contributed by atoms with Crippen molar-refractivity contribution in [2.75, 3.05) is 5.32 Å². The normalized spacial score (nSPS) is 10.9. The Balaban J connectivity index is 1.87. The molecule has 0 saturated heterocycles. The summed E-state index contributed by atoms with van der Waals surface area (Å²) in [5.41, 5.74) is 4.41. The Kier molecular flexibility index (Phi) is 3.78. The van der Waals surface area contributed by atoms with E-state index in [2.05, 4.69) is 5.32 Å². The number of nitrogens with one attached hydrogen (secondary N) is 1. The summed E-state index contributed by atoms with van der Waals surface area (Å²) < 4.78 is 3.05. The zero-order chi connectivity index (χ0) is 16.6. The summed E-state index contributed by atoms with van der Waals surface area (Å²) in [6.45, 7) is 4.02. The second kappa shape index (κ2) is 5.76. The lowest BCUT2D eigenvalue weighted by Crippen LogP contribution is -2.28. The standard InChI is InChI=1S/C18H19N3O2/c1-12-8-9-14(10-13(12)2)19-17(22)11-21-16-7-5-4-6-15(16)20(3)18(21)23/h4-10H,11H2,1-3H3,(H,19,22). The van der Waals surface area contributed by atoms with Crippen molar-refractivity contribution in [1.29, 1.82) is 0 Å². The van der Waals surface area contributed by atoms with Gasteiger partial charge in [0.15, 0.2) is 0 Å². The van der Waals surface area contributed by atoms with Crippen LogP contribution in [0.1, 0.15) is 11.1 Å². The molecule has 2 aromatic carbocycles. The maximum Gasteiger partial charge on any atom is 0.329 e. The lowest BCUT2D eigenvalue weighted by Gasteiger charge is -2.08. The summed E-state index contributed by atoms with van der Waals surface area (Å²) in [6, 6.07) is 13.2. The molecule has 5 nitrogen and oxygen atoms in total. The van der Waals surface area contributed by atoms with Crippen LogP contribution in [0.3, 0.4) is 0 Å². The number of para-hydroxylation sites is 2. The van der Waals surface area contributed by atoms with E-state index in [1.165, 1.54) is 10.1 Å². The molecule has 0 unspecified atom stereocenters. The van der Waals surface area contributed by atoms with Gasteiger partial charge in [-0.1, -0.05) is 18.2 Å². The average molecular weight is 309 g/mol. The first kappa shape index (κ1) is 15.1. The van der Waals surface area contributed by atoms with Crippen LogP contribution >= 0.6 is 0 Å². The first-order valence-corrected chi connectivity index (χ1v) is 7.49. The molecule has 1 N–H and O–H groups in total. The number of nitrogens with zero attached hydrogens (tertiary/aromatic N) is 2. The number of rotatable bonds is 3. The van der Waals surface area contributed by atoms with Crippen molar-refractivity contribution in [3.63, 3.8) is 0 Å². The lowest BCUT2D eigenvalue weighted by molar-refractivity contribution is -0.116. The number of anilines is 1. The Hall–Kier alpha value is -2.82. The SMILES string of the molecule is Cc1ccc(NC(=O)Cn2c(=O)n(C)c3ccccc32)cc1C. The van der Waals surface area contributed by atoms with Gasteiger partial charge in [0.25, 0.3) is 0 Å². The predicted molar refractivity (Wildman–Crippen MR) is 91.7 cm³/mol. The van der Waals surface area contributed by atoms with E-state index in [1.54, 1.807) is 11.6 Å². The molecule has 3 aromatic rings. The Morgan fingerprint density at radius 1 is 1.04 bits per heavy atom. The zero-order valence-corrected chi connectivity index (χ0v) is 13.5. The van der Waals surface area contributed by atoms with Gasteiger partial charge in [-0.05, 0) is 49.2 Å². The molecule has 3 rings (SSSR count). The molecule has 0 fully saturated rings. The summed E-state index contributed by atoms with van der Waals surface area (Å²) in [7, 11) is 1.71. The molecule has 0 aliphatic heterocycles. The van der Waals surface area contributed by atoms with Crippen LogP contribution < -0.4 is 11.0 Å². The third-order valence-electron chi connectivity index (χ3n) is 4.14. The van der Waals surface area contributed by atoms with E-state index in [9.17, 15) is 9.59 Å². The van der Waals surface area contributed by atoms with E-state index in [-0.39, 0.29) is 18.1 Å². The van der Waals surface area contributed by atoms with Crippen LogP contribution in [0, 0.1) is 13.8 Å². The number of imidazole rings is 1. The molecular weight excluding hydrogens is 290 g/mol. The molecule has 0 saturated carbocycles. The molecule has 1 amide bonds. The second-order valence-electron chi connectivity index (χ2n) is 5.76. The molecule has 23 heavy (non-hydrogen) atoms. The number of fused-ring (bicyclic) bond motifs is 1. The minimum absolute atomic E-state index is 0.00683. The quantitative estimate of drug-likeness (QED) is 0.808.